The molecular formula is C17H26N2O4. The van der Waals surface area contributed by atoms with Crippen LogP contribution >= 0.6 is 0 Å². The van der Waals surface area contributed by atoms with Crippen LogP contribution < -0.4 is 5.32 Å². The van der Waals surface area contributed by atoms with Gasteiger partial charge in [0, 0.05) is 19.5 Å². The smallest absolute Gasteiger partial charge is 0.290 e. The van der Waals surface area contributed by atoms with Gasteiger partial charge in [0.2, 0.25) is 11.7 Å². The summed E-state index contributed by atoms with van der Waals surface area (Å²) in [5, 5.41) is 2.91. The molecule has 2 fully saturated rings. The molecule has 128 valence electrons. The van der Waals surface area contributed by atoms with E-state index in [9.17, 15) is 9.59 Å². The number of hydrogen-bond acceptors (Lipinski definition) is 4. The maximum absolute atomic E-state index is 12.3. The van der Waals surface area contributed by atoms with E-state index < -0.39 is 0 Å². The minimum atomic E-state index is -0.278. The Labute approximate surface area is 137 Å². The lowest BCUT2D eigenvalue weighted by molar-refractivity contribution is -0.128. The van der Waals surface area contributed by atoms with E-state index >= 15 is 0 Å². The third-order valence-electron chi connectivity index (χ3n) is 4.93. The molecule has 1 N–H and O–H groups in total. The molecule has 6 heteroatoms. The molecule has 1 saturated carbocycles. The van der Waals surface area contributed by atoms with Gasteiger partial charge >= 0.3 is 0 Å². The molecule has 2 aliphatic heterocycles. The highest BCUT2D eigenvalue weighted by Gasteiger charge is 2.33. The third-order valence-corrected chi connectivity index (χ3v) is 4.93. The van der Waals surface area contributed by atoms with Gasteiger partial charge in [-0.15, -0.1) is 0 Å². The Balaban J connectivity index is 1.52. The highest BCUT2D eigenvalue weighted by atomic mass is 16.6. The zero-order valence-corrected chi connectivity index (χ0v) is 13.8. The molecule has 0 bridgehead atoms. The first-order valence-electron chi connectivity index (χ1n) is 8.68. The number of likely N-dealkylation sites (tertiary alicyclic amines) is 1. The van der Waals surface area contributed by atoms with Crippen molar-refractivity contribution in [2.75, 3.05) is 26.3 Å². The monoisotopic (exact) mass is 322 g/mol. The van der Waals surface area contributed by atoms with Crippen LogP contribution in [-0.2, 0) is 19.1 Å². The highest BCUT2D eigenvalue weighted by Crippen LogP contribution is 2.26. The molecule has 23 heavy (non-hydrogen) atoms. The summed E-state index contributed by atoms with van der Waals surface area (Å²) in [6.45, 7) is 4.03. The fourth-order valence-corrected chi connectivity index (χ4v) is 3.71. The first kappa shape index (κ1) is 16.1. The molecule has 0 radical (unpaired) electrons. The van der Waals surface area contributed by atoms with Gasteiger partial charge in [-0.05, 0) is 25.7 Å². The largest absolute Gasteiger partial charge is 0.491 e. The summed E-state index contributed by atoms with van der Waals surface area (Å²) < 4.78 is 10.7. The standard InChI is InChI=1S/C17H26N2O4/c1-12-16(23-8-7-22-12)17(21)18-14-9-15(20)19(11-14)10-13-5-3-2-4-6-13/h13-14H,2-11H2,1H3,(H,18,21)/t14-/m1/s1. The van der Waals surface area contributed by atoms with Crippen molar-refractivity contribution in [3.05, 3.63) is 11.5 Å². The summed E-state index contributed by atoms with van der Waals surface area (Å²) >= 11 is 0. The third kappa shape index (κ3) is 3.98. The van der Waals surface area contributed by atoms with Crippen LogP contribution in [0, 0.1) is 5.92 Å². The Morgan fingerprint density at radius 3 is 2.70 bits per heavy atom. The van der Waals surface area contributed by atoms with E-state index in [4.69, 9.17) is 9.47 Å². The first-order chi connectivity index (χ1) is 11.1. The van der Waals surface area contributed by atoms with Crippen LogP contribution in [0.2, 0.25) is 0 Å². The van der Waals surface area contributed by atoms with Gasteiger partial charge in [-0.25, -0.2) is 0 Å². The van der Waals surface area contributed by atoms with Crippen molar-refractivity contribution in [2.24, 2.45) is 5.92 Å². The number of nitrogens with one attached hydrogen (secondary N) is 1. The van der Waals surface area contributed by atoms with Gasteiger partial charge in [0.25, 0.3) is 5.91 Å². The lowest BCUT2D eigenvalue weighted by Gasteiger charge is -2.27. The summed E-state index contributed by atoms with van der Waals surface area (Å²) in [5.74, 6) is 1.25. The molecule has 0 aromatic rings. The molecule has 0 aromatic heterocycles. The van der Waals surface area contributed by atoms with E-state index in [1.807, 2.05) is 4.90 Å². The Kier molecular flexibility index (Phi) is 5.08. The summed E-state index contributed by atoms with van der Waals surface area (Å²) in [6, 6.07) is -0.135. The summed E-state index contributed by atoms with van der Waals surface area (Å²) in [4.78, 5) is 26.4. The zero-order chi connectivity index (χ0) is 16.2. The number of amides is 2. The Morgan fingerprint density at radius 1 is 1.22 bits per heavy atom. The molecule has 1 aliphatic carbocycles. The Morgan fingerprint density at radius 2 is 1.96 bits per heavy atom. The second-order valence-electron chi connectivity index (χ2n) is 6.76. The summed E-state index contributed by atoms with van der Waals surface area (Å²) in [7, 11) is 0. The van der Waals surface area contributed by atoms with Crippen molar-refractivity contribution in [1.82, 2.24) is 10.2 Å². The molecule has 3 rings (SSSR count). The molecule has 1 atom stereocenters. The number of hydrogen-bond donors (Lipinski definition) is 1. The number of allylic oxidation sites excluding steroid dienone is 1. The SMILES string of the molecule is CC1=C(C(=O)N[C@@H]2CC(=O)N(CC3CCCCC3)C2)OCCO1. The molecule has 0 aromatic carbocycles. The van der Waals surface area contributed by atoms with Crippen molar-refractivity contribution in [1.29, 1.82) is 0 Å². The van der Waals surface area contributed by atoms with Crippen LogP contribution in [0.4, 0.5) is 0 Å². The predicted molar refractivity (Wildman–Crippen MR) is 84.3 cm³/mol. The fourth-order valence-electron chi connectivity index (χ4n) is 3.71. The van der Waals surface area contributed by atoms with Crippen LogP contribution in [0.5, 0.6) is 0 Å². The van der Waals surface area contributed by atoms with Crippen molar-refractivity contribution >= 4 is 11.8 Å². The molecular weight excluding hydrogens is 296 g/mol. The molecule has 2 heterocycles. The molecule has 1 saturated heterocycles. The number of rotatable bonds is 4. The minimum absolute atomic E-state index is 0.135. The van der Waals surface area contributed by atoms with Gasteiger partial charge < -0.3 is 19.7 Å². The molecule has 6 nitrogen and oxygen atoms in total. The lowest BCUT2D eigenvalue weighted by Crippen LogP contribution is -2.40. The zero-order valence-electron chi connectivity index (χ0n) is 13.8. The first-order valence-corrected chi connectivity index (χ1v) is 8.68. The predicted octanol–water partition coefficient (Wildman–Crippen LogP) is 1.56. The van der Waals surface area contributed by atoms with Gasteiger partial charge in [0.1, 0.15) is 19.0 Å². The van der Waals surface area contributed by atoms with E-state index in [0.717, 1.165) is 6.54 Å². The molecule has 0 spiro atoms. The lowest BCUT2D eigenvalue weighted by atomic mass is 9.89. The average Bonchev–Trinajstić information content (AvgIpc) is 2.88. The van der Waals surface area contributed by atoms with Crippen molar-refractivity contribution in [2.45, 2.75) is 51.5 Å². The van der Waals surface area contributed by atoms with Crippen LogP contribution in [0.3, 0.4) is 0 Å². The van der Waals surface area contributed by atoms with Crippen LogP contribution in [0.15, 0.2) is 11.5 Å². The van der Waals surface area contributed by atoms with Gasteiger partial charge in [-0.3, -0.25) is 9.59 Å². The van der Waals surface area contributed by atoms with Gasteiger partial charge in [-0.2, -0.15) is 0 Å². The van der Waals surface area contributed by atoms with Crippen molar-refractivity contribution < 1.29 is 19.1 Å². The van der Waals surface area contributed by atoms with E-state index in [1.165, 1.54) is 32.1 Å². The van der Waals surface area contributed by atoms with Gasteiger partial charge in [-0.1, -0.05) is 19.3 Å². The summed E-state index contributed by atoms with van der Waals surface area (Å²) in [6.07, 6.45) is 6.69. The number of carbonyl (C=O) groups excluding carboxylic acids is 2. The topological polar surface area (TPSA) is 67.9 Å². The minimum Gasteiger partial charge on any atom is -0.491 e. The Hall–Kier alpha value is -1.72. The van der Waals surface area contributed by atoms with E-state index in [0.29, 0.717) is 37.9 Å². The van der Waals surface area contributed by atoms with E-state index in [1.54, 1.807) is 6.92 Å². The van der Waals surface area contributed by atoms with Crippen LogP contribution in [-0.4, -0.2) is 49.1 Å². The van der Waals surface area contributed by atoms with Crippen molar-refractivity contribution in [3.63, 3.8) is 0 Å². The van der Waals surface area contributed by atoms with E-state index in [2.05, 4.69) is 5.32 Å². The average molecular weight is 322 g/mol. The normalized spacial score (nSPS) is 26.0. The quantitative estimate of drug-likeness (QED) is 0.853. The van der Waals surface area contributed by atoms with Crippen LogP contribution in [0.1, 0.15) is 45.4 Å². The maximum atomic E-state index is 12.3. The van der Waals surface area contributed by atoms with Gasteiger partial charge in [0.15, 0.2) is 0 Å². The van der Waals surface area contributed by atoms with Crippen molar-refractivity contribution in [3.8, 4) is 0 Å². The van der Waals surface area contributed by atoms with Gasteiger partial charge in [0.05, 0.1) is 6.04 Å². The highest BCUT2D eigenvalue weighted by molar-refractivity contribution is 5.93. The number of nitrogens with zero attached hydrogens (tertiary/aromatic N) is 1. The summed E-state index contributed by atoms with van der Waals surface area (Å²) in [5.41, 5.74) is 0. The fraction of sp³-hybridized carbons (Fsp3) is 0.765. The van der Waals surface area contributed by atoms with Crippen LogP contribution in [0.25, 0.3) is 0 Å². The second kappa shape index (κ2) is 7.23. The van der Waals surface area contributed by atoms with E-state index in [-0.39, 0.29) is 23.6 Å². The molecule has 2 amide bonds. The number of carbonyl (C=O) groups is 2. The second-order valence-corrected chi connectivity index (χ2v) is 6.76. The molecule has 3 aliphatic rings. The molecule has 0 unspecified atom stereocenters. The number of ether oxygens (including phenoxy) is 2. The maximum Gasteiger partial charge on any atom is 0.290 e. The Bertz CT molecular complexity index is 497.